The zero-order valence-corrected chi connectivity index (χ0v) is 9.51. The van der Waals surface area contributed by atoms with Crippen molar-refractivity contribution in [2.45, 2.75) is 25.9 Å². The van der Waals surface area contributed by atoms with Gasteiger partial charge < -0.3 is 19.3 Å². The Hall–Kier alpha value is -1.91. The van der Waals surface area contributed by atoms with Gasteiger partial charge in [0.1, 0.15) is 11.9 Å². The maximum absolute atomic E-state index is 10.6. The first-order chi connectivity index (χ1) is 8.19. The smallest absolute Gasteiger partial charge is 0.307 e. The molecule has 0 amide bonds. The highest BCUT2D eigenvalue weighted by Crippen LogP contribution is 2.35. The molecule has 5 nitrogen and oxygen atoms in total. The summed E-state index contributed by atoms with van der Waals surface area (Å²) in [5.74, 6) is 1.05. The number of aliphatic carboxylic acids is 1. The van der Waals surface area contributed by atoms with E-state index in [9.17, 15) is 4.79 Å². The van der Waals surface area contributed by atoms with Gasteiger partial charge in [0, 0.05) is 6.07 Å². The molecule has 0 aromatic heterocycles. The third kappa shape index (κ3) is 2.81. The van der Waals surface area contributed by atoms with Crippen molar-refractivity contribution in [1.29, 1.82) is 0 Å². The van der Waals surface area contributed by atoms with Gasteiger partial charge >= 0.3 is 5.97 Å². The summed E-state index contributed by atoms with van der Waals surface area (Å²) >= 11 is 0. The lowest BCUT2D eigenvalue weighted by atomic mass is 10.2. The lowest BCUT2D eigenvalue weighted by molar-refractivity contribution is -0.138. The van der Waals surface area contributed by atoms with E-state index in [2.05, 4.69) is 0 Å². The summed E-state index contributed by atoms with van der Waals surface area (Å²) < 4.78 is 16.0. The number of fused-ring (bicyclic) bond motifs is 1. The van der Waals surface area contributed by atoms with E-state index in [-0.39, 0.29) is 19.3 Å². The number of carbonyl (C=O) groups is 1. The van der Waals surface area contributed by atoms with E-state index < -0.39 is 5.97 Å². The summed E-state index contributed by atoms with van der Waals surface area (Å²) in [4.78, 5) is 10.6. The van der Waals surface area contributed by atoms with Gasteiger partial charge in [0.15, 0.2) is 11.5 Å². The average molecular weight is 238 g/mol. The first-order valence-corrected chi connectivity index (χ1v) is 5.47. The molecule has 1 aliphatic rings. The van der Waals surface area contributed by atoms with Crippen molar-refractivity contribution >= 4 is 5.97 Å². The Morgan fingerprint density at radius 3 is 2.94 bits per heavy atom. The Morgan fingerprint density at radius 1 is 1.47 bits per heavy atom. The minimum atomic E-state index is -0.863. The average Bonchev–Trinajstić information content (AvgIpc) is 2.74. The minimum absolute atomic E-state index is 0.00899. The molecule has 1 aliphatic heterocycles. The van der Waals surface area contributed by atoms with Crippen LogP contribution in [0.15, 0.2) is 18.2 Å². The number of rotatable bonds is 5. The van der Waals surface area contributed by atoms with E-state index >= 15 is 0 Å². The molecule has 2 rings (SSSR count). The summed E-state index contributed by atoms with van der Waals surface area (Å²) in [5, 5.41) is 8.72. The summed E-state index contributed by atoms with van der Waals surface area (Å²) in [5.41, 5.74) is 0. The van der Waals surface area contributed by atoms with Gasteiger partial charge in [-0.3, -0.25) is 4.79 Å². The van der Waals surface area contributed by atoms with Crippen LogP contribution in [0.3, 0.4) is 0 Å². The summed E-state index contributed by atoms with van der Waals surface area (Å²) in [6, 6.07) is 5.22. The van der Waals surface area contributed by atoms with Crippen LogP contribution < -0.4 is 14.2 Å². The van der Waals surface area contributed by atoms with Crippen LogP contribution in [0.2, 0.25) is 0 Å². The van der Waals surface area contributed by atoms with Crippen molar-refractivity contribution < 1.29 is 24.1 Å². The monoisotopic (exact) mass is 238 g/mol. The van der Waals surface area contributed by atoms with E-state index in [1.54, 1.807) is 18.2 Å². The van der Waals surface area contributed by atoms with Crippen LogP contribution in [-0.2, 0) is 4.79 Å². The predicted molar refractivity (Wildman–Crippen MR) is 59.5 cm³/mol. The van der Waals surface area contributed by atoms with Gasteiger partial charge in [-0.15, -0.1) is 0 Å². The SMILES string of the molecule is CCC(CC(=O)O)Oc1ccc2c(c1)OCO2. The fourth-order valence-corrected chi connectivity index (χ4v) is 1.61. The van der Waals surface area contributed by atoms with Crippen LogP contribution in [0.4, 0.5) is 0 Å². The lowest BCUT2D eigenvalue weighted by Gasteiger charge is -2.15. The molecule has 1 aromatic carbocycles. The molecule has 0 aliphatic carbocycles. The van der Waals surface area contributed by atoms with E-state index in [1.807, 2.05) is 6.92 Å². The van der Waals surface area contributed by atoms with Crippen molar-refractivity contribution in [1.82, 2.24) is 0 Å². The van der Waals surface area contributed by atoms with Crippen molar-refractivity contribution in [2.24, 2.45) is 0 Å². The van der Waals surface area contributed by atoms with Gasteiger partial charge in [-0.05, 0) is 18.6 Å². The molecule has 1 atom stereocenters. The third-order valence-electron chi connectivity index (χ3n) is 2.50. The van der Waals surface area contributed by atoms with E-state index in [0.29, 0.717) is 23.7 Å². The number of carboxylic acids is 1. The minimum Gasteiger partial charge on any atom is -0.490 e. The maximum atomic E-state index is 10.6. The highest BCUT2D eigenvalue weighted by molar-refractivity contribution is 5.67. The third-order valence-corrected chi connectivity index (χ3v) is 2.50. The molecule has 0 radical (unpaired) electrons. The fraction of sp³-hybridized carbons (Fsp3) is 0.417. The Morgan fingerprint density at radius 2 is 2.24 bits per heavy atom. The van der Waals surface area contributed by atoms with E-state index in [1.165, 1.54) is 0 Å². The van der Waals surface area contributed by atoms with Gasteiger partial charge in [-0.2, -0.15) is 0 Å². The summed E-state index contributed by atoms with van der Waals surface area (Å²) in [7, 11) is 0. The highest BCUT2D eigenvalue weighted by Gasteiger charge is 2.17. The summed E-state index contributed by atoms with van der Waals surface area (Å²) in [6.07, 6.45) is 0.305. The molecule has 0 spiro atoms. The van der Waals surface area contributed by atoms with Gasteiger partial charge in [-0.25, -0.2) is 0 Å². The van der Waals surface area contributed by atoms with Crippen molar-refractivity contribution in [3.63, 3.8) is 0 Å². The Balaban J connectivity index is 2.04. The first-order valence-electron chi connectivity index (χ1n) is 5.47. The molecule has 1 unspecified atom stereocenters. The fourth-order valence-electron chi connectivity index (χ4n) is 1.61. The topological polar surface area (TPSA) is 65.0 Å². The molecule has 0 saturated carbocycles. The second-order valence-corrected chi connectivity index (χ2v) is 3.76. The van der Waals surface area contributed by atoms with E-state index in [0.717, 1.165) is 0 Å². The molecular formula is C12H14O5. The van der Waals surface area contributed by atoms with Gasteiger partial charge in [0.25, 0.3) is 0 Å². The van der Waals surface area contributed by atoms with Crippen LogP contribution >= 0.6 is 0 Å². The predicted octanol–water partition coefficient (Wildman–Crippen LogP) is 2.05. The molecule has 1 aromatic rings. The molecule has 1 heterocycles. The second-order valence-electron chi connectivity index (χ2n) is 3.76. The Bertz CT molecular complexity index is 415. The standard InChI is InChI=1S/C12H14O5/c1-2-8(6-12(13)14)17-9-3-4-10-11(5-9)16-7-15-10/h3-5,8H,2,6-7H2,1H3,(H,13,14). The Labute approximate surface area is 98.9 Å². The van der Waals surface area contributed by atoms with Crippen LogP contribution in [0.5, 0.6) is 17.2 Å². The van der Waals surface area contributed by atoms with Crippen LogP contribution in [-0.4, -0.2) is 24.0 Å². The first kappa shape index (κ1) is 11.6. The second kappa shape index (κ2) is 4.95. The van der Waals surface area contributed by atoms with Gasteiger partial charge in [0.05, 0.1) is 6.42 Å². The van der Waals surface area contributed by atoms with Crippen molar-refractivity contribution in [3.8, 4) is 17.2 Å². The molecule has 0 bridgehead atoms. The molecular weight excluding hydrogens is 224 g/mol. The number of carboxylic acid groups (broad SMARTS) is 1. The molecule has 0 fully saturated rings. The van der Waals surface area contributed by atoms with Crippen LogP contribution in [0, 0.1) is 0 Å². The number of ether oxygens (including phenoxy) is 3. The molecule has 17 heavy (non-hydrogen) atoms. The quantitative estimate of drug-likeness (QED) is 0.850. The molecule has 92 valence electrons. The van der Waals surface area contributed by atoms with Gasteiger partial charge in [-0.1, -0.05) is 6.92 Å². The highest BCUT2D eigenvalue weighted by atomic mass is 16.7. The zero-order chi connectivity index (χ0) is 12.3. The zero-order valence-electron chi connectivity index (χ0n) is 9.51. The Kier molecular flexibility index (Phi) is 3.37. The molecule has 1 N–H and O–H groups in total. The molecule has 5 heteroatoms. The number of hydrogen-bond acceptors (Lipinski definition) is 4. The summed E-state index contributed by atoms with van der Waals surface area (Å²) in [6.45, 7) is 2.10. The lowest BCUT2D eigenvalue weighted by Crippen LogP contribution is -2.19. The molecule has 0 saturated heterocycles. The van der Waals surface area contributed by atoms with Crippen molar-refractivity contribution in [2.75, 3.05) is 6.79 Å². The number of benzene rings is 1. The largest absolute Gasteiger partial charge is 0.490 e. The van der Waals surface area contributed by atoms with Crippen LogP contribution in [0.25, 0.3) is 0 Å². The maximum Gasteiger partial charge on any atom is 0.307 e. The normalized spacial score (nSPS) is 14.4. The van der Waals surface area contributed by atoms with Crippen molar-refractivity contribution in [3.05, 3.63) is 18.2 Å². The van der Waals surface area contributed by atoms with E-state index in [4.69, 9.17) is 19.3 Å². The van der Waals surface area contributed by atoms with Gasteiger partial charge in [0.2, 0.25) is 6.79 Å². The van der Waals surface area contributed by atoms with Crippen LogP contribution in [0.1, 0.15) is 19.8 Å². The number of hydrogen-bond donors (Lipinski definition) is 1.